The van der Waals surface area contributed by atoms with Crippen LogP contribution in [0.1, 0.15) is 61.4 Å². The highest BCUT2D eigenvalue weighted by atomic mass is 15.5. The largest absolute Gasteiger partial charge is 0.341 e. The smallest absolute Gasteiger partial charge is 0.122 e. The van der Waals surface area contributed by atoms with Crippen LogP contribution in [0.3, 0.4) is 0 Å². The second kappa shape index (κ2) is 13.4. The first kappa shape index (κ1) is 28.4. The third-order valence-electron chi connectivity index (χ3n) is 6.68. The van der Waals surface area contributed by atoms with Gasteiger partial charge in [-0.1, -0.05) is 96.0 Å². The second-order valence-corrected chi connectivity index (χ2v) is 9.49. The predicted molar refractivity (Wildman–Crippen MR) is 166 cm³/mol. The number of benzene rings is 3. The molecule has 0 aromatic heterocycles. The minimum atomic E-state index is 0.599. The maximum Gasteiger partial charge on any atom is 0.122 e. The van der Waals surface area contributed by atoms with E-state index in [-0.39, 0.29) is 0 Å². The van der Waals surface area contributed by atoms with Crippen LogP contribution in [0.4, 0.5) is 11.4 Å². The summed E-state index contributed by atoms with van der Waals surface area (Å²) in [6, 6.07) is 23.0. The highest BCUT2D eigenvalue weighted by Gasteiger charge is 2.18. The average molecular weight is 507 g/mol. The van der Waals surface area contributed by atoms with Crippen LogP contribution >= 0.6 is 0 Å². The van der Waals surface area contributed by atoms with Crippen LogP contribution in [-0.4, -0.2) is 0 Å². The quantitative estimate of drug-likeness (QED) is 0.192. The number of hydrazine groups is 1. The lowest BCUT2D eigenvalue weighted by atomic mass is 10.0. The molecule has 198 valence electrons. The van der Waals surface area contributed by atoms with Gasteiger partial charge in [-0.05, 0) is 78.3 Å². The normalized spacial score (nSPS) is 10.4. The Bertz CT molecular complexity index is 1320. The van der Waals surface area contributed by atoms with E-state index in [2.05, 4.69) is 118 Å². The molecule has 38 heavy (non-hydrogen) atoms. The van der Waals surface area contributed by atoms with E-state index >= 15 is 0 Å². The van der Waals surface area contributed by atoms with E-state index in [9.17, 15) is 0 Å². The molecule has 0 amide bonds. The molecule has 0 saturated carbocycles. The number of rotatable bonds is 14. The molecular formula is C34H42N4. The fraction of sp³-hybridized carbons (Fsp3) is 0.235. The van der Waals surface area contributed by atoms with E-state index in [1.807, 2.05) is 24.3 Å². The van der Waals surface area contributed by atoms with Crippen molar-refractivity contribution in [3.63, 3.8) is 0 Å². The number of aryl methyl sites for hydroxylation is 3. The monoisotopic (exact) mass is 506 g/mol. The van der Waals surface area contributed by atoms with Crippen molar-refractivity contribution < 1.29 is 0 Å². The number of nitrogens with zero attached hydrogens (tertiary/aromatic N) is 1. The van der Waals surface area contributed by atoms with Crippen LogP contribution < -0.4 is 21.1 Å². The Balaban J connectivity index is 1.81. The van der Waals surface area contributed by atoms with Crippen molar-refractivity contribution in [3.8, 4) is 0 Å². The first-order chi connectivity index (χ1) is 18.3. The maximum atomic E-state index is 4.47. The summed E-state index contributed by atoms with van der Waals surface area (Å²) in [5.74, 6) is 1.24. The molecule has 0 radical (unpaired) electrons. The van der Waals surface area contributed by atoms with Gasteiger partial charge in [0.1, 0.15) is 11.6 Å². The molecule has 3 aromatic carbocycles. The number of allylic oxidation sites excluding steroid dienone is 1. The first-order valence-corrected chi connectivity index (χ1v) is 13.4. The van der Waals surface area contributed by atoms with Crippen LogP contribution in [0.15, 0.2) is 105 Å². The summed E-state index contributed by atoms with van der Waals surface area (Å²) in [4.78, 5) is 2.05. The van der Waals surface area contributed by atoms with Gasteiger partial charge < -0.3 is 5.32 Å². The van der Waals surface area contributed by atoms with Gasteiger partial charge in [0.05, 0.1) is 0 Å². The summed E-state index contributed by atoms with van der Waals surface area (Å²) in [6.07, 6.45) is 4.01. The lowest BCUT2D eigenvalue weighted by Gasteiger charge is -2.31. The number of hydrogen-bond acceptors (Lipinski definition) is 4. The minimum Gasteiger partial charge on any atom is -0.341 e. The summed E-state index contributed by atoms with van der Waals surface area (Å²) in [6.45, 7) is 25.8. The Morgan fingerprint density at radius 1 is 0.789 bits per heavy atom. The molecule has 4 heteroatoms. The Labute approximate surface area is 229 Å². The highest BCUT2D eigenvalue weighted by Crippen LogP contribution is 2.31. The lowest BCUT2D eigenvalue weighted by Crippen LogP contribution is -2.39. The zero-order chi connectivity index (χ0) is 27.7. The van der Waals surface area contributed by atoms with Gasteiger partial charge in [-0.15, -0.1) is 0 Å². The molecule has 0 aliphatic rings. The molecule has 0 bridgehead atoms. The molecule has 0 spiro atoms. The van der Waals surface area contributed by atoms with Gasteiger partial charge >= 0.3 is 0 Å². The zero-order valence-corrected chi connectivity index (χ0v) is 23.5. The van der Waals surface area contributed by atoms with Crippen LogP contribution in [0, 0.1) is 6.92 Å². The predicted octanol–water partition coefficient (Wildman–Crippen LogP) is 8.56. The Hall–Kier alpha value is -4.18. The van der Waals surface area contributed by atoms with Crippen molar-refractivity contribution >= 4 is 22.6 Å². The van der Waals surface area contributed by atoms with E-state index in [4.69, 9.17) is 0 Å². The zero-order valence-electron chi connectivity index (χ0n) is 23.5. The van der Waals surface area contributed by atoms with E-state index in [1.54, 1.807) is 0 Å². The van der Waals surface area contributed by atoms with Crippen molar-refractivity contribution in [1.82, 2.24) is 10.9 Å². The summed E-state index contributed by atoms with van der Waals surface area (Å²) in [5, 5.41) is 3.33. The fourth-order valence-corrected chi connectivity index (χ4v) is 4.59. The Morgan fingerprint density at radius 3 is 2.21 bits per heavy atom. The van der Waals surface area contributed by atoms with Crippen molar-refractivity contribution in [3.05, 3.63) is 133 Å². The van der Waals surface area contributed by atoms with Crippen LogP contribution in [-0.2, 0) is 12.8 Å². The second-order valence-electron chi connectivity index (χ2n) is 9.49. The van der Waals surface area contributed by atoms with Crippen molar-refractivity contribution in [1.29, 1.82) is 0 Å². The molecule has 0 heterocycles. The number of nitrogens with one attached hydrogen (secondary N) is 3. The van der Waals surface area contributed by atoms with E-state index < -0.39 is 0 Å². The van der Waals surface area contributed by atoms with Gasteiger partial charge in [-0.2, -0.15) is 0 Å². The van der Waals surface area contributed by atoms with Gasteiger partial charge in [-0.25, -0.2) is 0 Å². The van der Waals surface area contributed by atoms with Crippen LogP contribution in [0.25, 0.3) is 11.3 Å². The topological polar surface area (TPSA) is 39.3 Å². The SMILES string of the molecule is C=C(NNC(=C)N(C(=C)c1ccccc1C)c1ccc(CC)c(CC)c1)Nc1cccc(C(=C)CCC)c1. The number of anilines is 2. The van der Waals surface area contributed by atoms with E-state index in [0.29, 0.717) is 11.6 Å². The molecule has 4 nitrogen and oxygen atoms in total. The average Bonchev–Trinajstić information content (AvgIpc) is 2.92. The first-order valence-electron chi connectivity index (χ1n) is 13.4. The Kier molecular flexibility index (Phi) is 10.0. The molecule has 0 fully saturated rings. The summed E-state index contributed by atoms with van der Waals surface area (Å²) >= 11 is 0. The molecule has 3 rings (SSSR count). The standard InChI is InChI=1S/C34H42N4/c1-9-15-24(4)31-17-14-18-32(22-31)35-27(7)36-37-28(8)38(26(6)34-19-13-12-16-25(34)5)33-21-20-29(10-2)30(11-3)23-33/h12-14,16-23,35-37H,4,6-11,15H2,1-3,5H3. The van der Waals surface area contributed by atoms with Gasteiger partial charge in [0.25, 0.3) is 0 Å². The third-order valence-corrected chi connectivity index (χ3v) is 6.68. The molecule has 3 N–H and O–H groups in total. The molecule has 0 aliphatic heterocycles. The number of hydrogen-bond donors (Lipinski definition) is 3. The molecule has 0 atom stereocenters. The summed E-state index contributed by atoms with van der Waals surface area (Å²) < 4.78 is 0. The third kappa shape index (κ3) is 6.98. The summed E-state index contributed by atoms with van der Waals surface area (Å²) in [7, 11) is 0. The highest BCUT2D eigenvalue weighted by molar-refractivity contribution is 5.82. The summed E-state index contributed by atoms with van der Waals surface area (Å²) in [5.41, 5.74) is 16.3. The molecule has 0 saturated heterocycles. The van der Waals surface area contributed by atoms with E-state index in [0.717, 1.165) is 65.0 Å². The lowest BCUT2D eigenvalue weighted by molar-refractivity contribution is 0.685. The fourth-order valence-electron chi connectivity index (χ4n) is 4.59. The van der Waals surface area contributed by atoms with E-state index in [1.165, 1.54) is 11.1 Å². The maximum absolute atomic E-state index is 4.47. The molecule has 0 unspecified atom stereocenters. The molecule has 0 aliphatic carbocycles. The van der Waals surface area contributed by atoms with Crippen LogP contribution in [0.5, 0.6) is 0 Å². The van der Waals surface area contributed by atoms with Gasteiger partial charge in [0.2, 0.25) is 0 Å². The molecule has 3 aromatic rings. The van der Waals surface area contributed by atoms with Crippen LogP contribution in [0.2, 0.25) is 0 Å². The van der Waals surface area contributed by atoms with Crippen molar-refractivity contribution in [2.75, 3.05) is 10.2 Å². The van der Waals surface area contributed by atoms with Gasteiger partial charge in [0, 0.05) is 22.6 Å². The van der Waals surface area contributed by atoms with Crippen molar-refractivity contribution in [2.45, 2.75) is 53.4 Å². The van der Waals surface area contributed by atoms with Crippen molar-refractivity contribution in [2.24, 2.45) is 0 Å². The Morgan fingerprint density at radius 2 is 1.53 bits per heavy atom. The molecular weight excluding hydrogens is 464 g/mol. The van der Waals surface area contributed by atoms with Gasteiger partial charge in [-0.3, -0.25) is 15.8 Å². The van der Waals surface area contributed by atoms with Gasteiger partial charge in [0.15, 0.2) is 0 Å². The minimum absolute atomic E-state index is 0.599.